The predicted octanol–water partition coefficient (Wildman–Crippen LogP) is 0.685. The number of anilines is 1. The van der Waals surface area contributed by atoms with Crippen LogP contribution in [-0.4, -0.2) is 50.2 Å². The van der Waals surface area contributed by atoms with E-state index in [0.717, 1.165) is 18.7 Å². The van der Waals surface area contributed by atoms with Crippen LogP contribution in [0.2, 0.25) is 0 Å². The number of imidazole rings is 1. The largest absolute Gasteiger partial charge is 0.385 e. The van der Waals surface area contributed by atoms with Crippen LogP contribution in [0.4, 0.5) is 5.95 Å². The van der Waals surface area contributed by atoms with Crippen molar-refractivity contribution >= 4 is 15.8 Å². The highest BCUT2D eigenvalue weighted by Crippen LogP contribution is 2.09. The van der Waals surface area contributed by atoms with E-state index in [9.17, 15) is 8.42 Å². The number of aromatic nitrogens is 2. The third-order valence-electron chi connectivity index (χ3n) is 2.40. The molecule has 0 bridgehead atoms. The summed E-state index contributed by atoms with van der Waals surface area (Å²) >= 11 is 0. The number of methoxy groups -OCH3 is 1. The zero-order valence-corrected chi connectivity index (χ0v) is 12.0. The van der Waals surface area contributed by atoms with E-state index in [-0.39, 0.29) is 5.75 Å². The van der Waals surface area contributed by atoms with Gasteiger partial charge in [0.25, 0.3) is 0 Å². The Hall–Kier alpha value is -1.08. The van der Waals surface area contributed by atoms with Gasteiger partial charge >= 0.3 is 0 Å². The van der Waals surface area contributed by atoms with Crippen LogP contribution < -0.4 is 5.32 Å². The van der Waals surface area contributed by atoms with Crippen molar-refractivity contribution in [2.45, 2.75) is 19.9 Å². The molecule has 0 atom stereocenters. The van der Waals surface area contributed by atoms with Crippen molar-refractivity contribution in [2.24, 2.45) is 0 Å². The number of hydrogen-bond acceptors (Lipinski definition) is 5. The Morgan fingerprint density at radius 1 is 1.50 bits per heavy atom. The van der Waals surface area contributed by atoms with Gasteiger partial charge in [0.05, 0.1) is 11.4 Å². The van der Waals surface area contributed by atoms with Crippen LogP contribution in [0.1, 0.15) is 12.1 Å². The first-order chi connectivity index (χ1) is 8.42. The average molecular weight is 275 g/mol. The molecule has 0 aliphatic rings. The highest BCUT2D eigenvalue weighted by Gasteiger charge is 2.07. The minimum Gasteiger partial charge on any atom is -0.385 e. The van der Waals surface area contributed by atoms with Crippen LogP contribution >= 0.6 is 0 Å². The molecule has 0 aliphatic carbocycles. The summed E-state index contributed by atoms with van der Waals surface area (Å²) in [5.74, 6) is 0.823. The summed E-state index contributed by atoms with van der Waals surface area (Å²) in [5.41, 5.74) is 0.911. The van der Waals surface area contributed by atoms with E-state index in [0.29, 0.717) is 19.1 Å². The Labute approximate surface area is 108 Å². The van der Waals surface area contributed by atoms with Gasteiger partial charge in [-0.1, -0.05) is 0 Å². The maximum atomic E-state index is 11.0. The van der Waals surface area contributed by atoms with E-state index in [4.69, 9.17) is 4.74 Å². The third-order valence-corrected chi connectivity index (χ3v) is 3.35. The van der Waals surface area contributed by atoms with Crippen molar-refractivity contribution in [1.29, 1.82) is 0 Å². The van der Waals surface area contributed by atoms with E-state index >= 15 is 0 Å². The number of hydrogen-bond donors (Lipinski definition) is 1. The summed E-state index contributed by atoms with van der Waals surface area (Å²) < 4.78 is 29.1. The Morgan fingerprint density at radius 2 is 2.22 bits per heavy atom. The van der Waals surface area contributed by atoms with Gasteiger partial charge in [-0.2, -0.15) is 0 Å². The van der Waals surface area contributed by atoms with Gasteiger partial charge in [0.2, 0.25) is 5.95 Å². The normalized spacial score (nSPS) is 11.7. The SMILES string of the molecule is COCCCn1cc(C)nc1NCCS(C)(=O)=O. The minimum atomic E-state index is -2.94. The lowest BCUT2D eigenvalue weighted by Crippen LogP contribution is -2.17. The van der Waals surface area contributed by atoms with Gasteiger partial charge in [-0.05, 0) is 13.3 Å². The summed E-state index contributed by atoms with van der Waals surface area (Å²) in [5, 5.41) is 3.05. The summed E-state index contributed by atoms with van der Waals surface area (Å²) in [4.78, 5) is 4.33. The molecular weight excluding hydrogens is 254 g/mol. The van der Waals surface area contributed by atoms with E-state index < -0.39 is 9.84 Å². The first kappa shape index (κ1) is 15.0. The van der Waals surface area contributed by atoms with Crippen LogP contribution in [-0.2, 0) is 21.1 Å². The lowest BCUT2D eigenvalue weighted by atomic mass is 10.4. The molecule has 1 rings (SSSR count). The van der Waals surface area contributed by atoms with Crippen molar-refractivity contribution in [2.75, 3.05) is 37.6 Å². The van der Waals surface area contributed by atoms with Crippen LogP contribution in [0.15, 0.2) is 6.20 Å². The average Bonchev–Trinajstić information content (AvgIpc) is 2.58. The molecule has 0 fully saturated rings. The zero-order chi connectivity index (χ0) is 13.6. The topological polar surface area (TPSA) is 73.2 Å². The van der Waals surface area contributed by atoms with Crippen LogP contribution in [0.5, 0.6) is 0 Å². The second-order valence-electron chi connectivity index (χ2n) is 4.30. The highest BCUT2D eigenvalue weighted by atomic mass is 32.2. The van der Waals surface area contributed by atoms with Crippen molar-refractivity contribution in [3.05, 3.63) is 11.9 Å². The summed E-state index contributed by atoms with van der Waals surface area (Å²) in [6.45, 7) is 3.78. The molecule has 0 radical (unpaired) electrons. The highest BCUT2D eigenvalue weighted by molar-refractivity contribution is 7.90. The Morgan fingerprint density at radius 3 is 2.83 bits per heavy atom. The number of rotatable bonds is 8. The smallest absolute Gasteiger partial charge is 0.203 e. The van der Waals surface area contributed by atoms with E-state index in [2.05, 4.69) is 10.3 Å². The first-order valence-electron chi connectivity index (χ1n) is 5.86. The molecule has 1 aromatic heterocycles. The van der Waals surface area contributed by atoms with Crippen LogP contribution in [0.3, 0.4) is 0 Å². The minimum absolute atomic E-state index is 0.108. The van der Waals surface area contributed by atoms with Gasteiger partial charge in [0, 0.05) is 39.3 Å². The monoisotopic (exact) mass is 275 g/mol. The van der Waals surface area contributed by atoms with Crippen molar-refractivity contribution in [3.63, 3.8) is 0 Å². The van der Waals surface area contributed by atoms with E-state index in [1.807, 2.05) is 17.7 Å². The molecular formula is C11H21N3O3S. The molecule has 7 heteroatoms. The quantitative estimate of drug-likeness (QED) is 0.706. The lowest BCUT2D eigenvalue weighted by Gasteiger charge is -2.08. The molecule has 0 unspecified atom stereocenters. The molecule has 18 heavy (non-hydrogen) atoms. The van der Waals surface area contributed by atoms with Crippen molar-refractivity contribution < 1.29 is 13.2 Å². The number of nitrogens with one attached hydrogen (secondary N) is 1. The first-order valence-corrected chi connectivity index (χ1v) is 7.93. The second-order valence-corrected chi connectivity index (χ2v) is 6.56. The van der Waals surface area contributed by atoms with Crippen LogP contribution in [0.25, 0.3) is 0 Å². The van der Waals surface area contributed by atoms with E-state index in [1.165, 1.54) is 6.26 Å². The molecule has 1 aromatic rings. The number of nitrogens with zero attached hydrogens (tertiary/aromatic N) is 2. The van der Waals surface area contributed by atoms with Gasteiger partial charge in [0.1, 0.15) is 9.84 Å². The molecule has 1 N–H and O–H groups in total. The molecule has 0 aliphatic heterocycles. The fraction of sp³-hybridized carbons (Fsp3) is 0.727. The maximum absolute atomic E-state index is 11.0. The maximum Gasteiger partial charge on any atom is 0.203 e. The van der Waals surface area contributed by atoms with Gasteiger partial charge in [-0.3, -0.25) is 0 Å². The van der Waals surface area contributed by atoms with Crippen molar-refractivity contribution in [1.82, 2.24) is 9.55 Å². The van der Waals surface area contributed by atoms with Gasteiger partial charge in [-0.15, -0.1) is 0 Å². The number of aryl methyl sites for hydroxylation is 2. The van der Waals surface area contributed by atoms with Gasteiger partial charge < -0.3 is 14.6 Å². The van der Waals surface area contributed by atoms with E-state index in [1.54, 1.807) is 7.11 Å². The Balaban J connectivity index is 2.53. The molecule has 6 nitrogen and oxygen atoms in total. The summed E-state index contributed by atoms with van der Waals surface area (Å²) in [6, 6.07) is 0. The number of sulfone groups is 1. The molecule has 0 saturated carbocycles. The predicted molar refractivity (Wildman–Crippen MR) is 71.7 cm³/mol. The molecule has 0 spiro atoms. The lowest BCUT2D eigenvalue weighted by molar-refractivity contribution is 0.190. The molecule has 0 saturated heterocycles. The fourth-order valence-corrected chi connectivity index (χ4v) is 2.06. The molecule has 104 valence electrons. The van der Waals surface area contributed by atoms with Gasteiger partial charge in [0.15, 0.2) is 0 Å². The Bertz CT molecular complexity index is 468. The molecule has 1 heterocycles. The van der Waals surface area contributed by atoms with Gasteiger partial charge in [-0.25, -0.2) is 13.4 Å². The zero-order valence-electron chi connectivity index (χ0n) is 11.1. The fourth-order valence-electron chi connectivity index (χ4n) is 1.59. The molecule has 0 amide bonds. The standard InChI is InChI=1S/C11H21N3O3S/c1-10-9-14(6-4-7-17-2)11(13-10)12-5-8-18(3,15)16/h9H,4-8H2,1-3H3,(H,12,13). The third kappa shape index (κ3) is 5.50. The summed E-state index contributed by atoms with van der Waals surface area (Å²) in [6.07, 6.45) is 4.07. The van der Waals surface area contributed by atoms with Crippen molar-refractivity contribution in [3.8, 4) is 0 Å². The Kier molecular flexibility index (Phi) is 5.61. The summed E-state index contributed by atoms with van der Waals surface area (Å²) in [7, 11) is -1.27. The molecule has 0 aromatic carbocycles. The van der Waals surface area contributed by atoms with Crippen LogP contribution in [0, 0.1) is 6.92 Å². The number of ether oxygens (including phenoxy) is 1. The second kappa shape index (κ2) is 6.75.